The Morgan fingerprint density at radius 2 is 2.00 bits per heavy atom. The molecular formula is C21H32N4OS. The molecule has 0 aliphatic heterocycles. The minimum absolute atomic E-state index is 0.371. The normalized spacial score (nSPS) is 12.8. The van der Waals surface area contributed by atoms with Crippen LogP contribution in [0.5, 0.6) is 0 Å². The summed E-state index contributed by atoms with van der Waals surface area (Å²) < 4.78 is 5.81. The molecule has 6 heteroatoms. The molecule has 0 fully saturated rings. The molecule has 2 N–H and O–H groups in total. The third kappa shape index (κ3) is 8.10. The lowest BCUT2D eigenvalue weighted by atomic mass is 10.2. The summed E-state index contributed by atoms with van der Waals surface area (Å²) in [6, 6.07) is 10.3. The van der Waals surface area contributed by atoms with Crippen LogP contribution in [0.3, 0.4) is 0 Å². The number of nitrogens with one attached hydrogen (secondary N) is 2. The molecule has 1 atom stereocenters. The predicted molar refractivity (Wildman–Crippen MR) is 115 cm³/mol. The first-order valence-electron chi connectivity index (χ1n) is 9.65. The fourth-order valence-corrected chi connectivity index (χ4v) is 3.63. The molecular weight excluding hydrogens is 356 g/mol. The Hall–Kier alpha value is -1.92. The van der Waals surface area contributed by atoms with Crippen LogP contribution in [0.4, 0.5) is 0 Å². The van der Waals surface area contributed by atoms with Crippen molar-refractivity contribution in [3.63, 3.8) is 0 Å². The third-order valence-corrected chi connectivity index (χ3v) is 5.20. The summed E-state index contributed by atoms with van der Waals surface area (Å²) in [4.78, 5) is 10.5. The first kappa shape index (κ1) is 21.4. The summed E-state index contributed by atoms with van der Waals surface area (Å²) >= 11 is 1.78. The summed E-state index contributed by atoms with van der Waals surface area (Å²) in [5.74, 6) is 1.24. The molecule has 0 aliphatic rings. The minimum Gasteiger partial charge on any atom is -0.376 e. The summed E-state index contributed by atoms with van der Waals surface area (Å²) in [6.45, 7) is 12.2. The van der Waals surface area contributed by atoms with E-state index in [9.17, 15) is 0 Å². The highest BCUT2D eigenvalue weighted by atomic mass is 32.1. The first-order valence-corrected chi connectivity index (χ1v) is 10.5. The van der Waals surface area contributed by atoms with Gasteiger partial charge in [0, 0.05) is 30.9 Å². The van der Waals surface area contributed by atoms with Crippen LogP contribution in [0.2, 0.25) is 0 Å². The van der Waals surface area contributed by atoms with Gasteiger partial charge >= 0.3 is 0 Å². The molecule has 0 amide bonds. The van der Waals surface area contributed by atoms with Crippen LogP contribution in [0.1, 0.15) is 35.0 Å². The standard InChI is InChI=1S/C21H32N4OS/c1-5-22-21(23-12-11-20-17(3)25-18(4)27-20)24-13-16(2)14-26-15-19-9-7-6-8-10-19/h6-10,16H,5,11-15H2,1-4H3,(H2,22,23,24). The van der Waals surface area contributed by atoms with Gasteiger partial charge in [-0.2, -0.15) is 0 Å². The number of hydrogen-bond donors (Lipinski definition) is 2. The van der Waals surface area contributed by atoms with Crippen molar-refractivity contribution in [2.24, 2.45) is 10.9 Å². The monoisotopic (exact) mass is 388 g/mol. The number of aliphatic imine (C=N–C) groups is 1. The van der Waals surface area contributed by atoms with Crippen LogP contribution in [0.15, 0.2) is 35.3 Å². The molecule has 2 aromatic rings. The fraction of sp³-hybridized carbons (Fsp3) is 0.524. The SMILES string of the molecule is CCNC(=NCC(C)COCc1ccccc1)NCCc1sc(C)nc1C. The van der Waals surface area contributed by atoms with E-state index in [0.717, 1.165) is 42.7 Å². The number of guanidine groups is 1. The van der Waals surface area contributed by atoms with E-state index in [1.54, 1.807) is 11.3 Å². The van der Waals surface area contributed by atoms with E-state index < -0.39 is 0 Å². The molecule has 1 aromatic carbocycles. The van der Waals surface area contributed by atoms with Gasteiger partial charge < -0.3 is 15.4 Å². The smallest absolute Gasteiger partial charge is 0.191 e. The number of thiazole rings is 1. The van der Waals surface area contributed by atoms with Crippen molar-refractivity contribution < 1.29 is 4.74 Å². The Bertz CT molecular complexity index is 699. The van der Waals surface area contributed by atoms with Crippen molar-refractivity contribution in [3.8, 4) is 0 Å². The molecule has 1 heterocycles. The van der Waals surface area contributed by atoms with E-state index in [1.807, 2.05) is 18.2 Å². The van der Waals surface area contributed by atoms with Crippen LogP contribution in [0.25, 0.3) is 0 Å². The van der Waals surface area contributed by atoms with Gasteiger partial charge in [-0.25, -0.2) is 4.98 Å². The lowest BCUT2D eigenvalue weighted by Crippen LogP contribution is -2.38. The highest BCUT2D eigenvalue weighted by molar-refractivity contribution is 7.11. The molecule has 0 aliphatic carbocycles. The van der Waals surface area contributed by atoms with Crippen molar-refractivity contribution in [1.82, 2.24) is 15.6 Å². The van der Waals surface area contributed by atoms with Crippen molar-refractivity contribution in [1.29, 1.82) is 0 Å². The summed E-state index contributed by atoms with van der Waals surface area (Å²) in [5, 5.41) is 7.86. The van der Waals surface area contributed by atoms with Gasteiger partial charge in [-0.3, -0.25) is 4.99 Å². The summed E-state index contributed by atoms with van der Waals surface area (Å²) in [6.07, 6.45) is 0.970. The number of aryl methyl sites for hydroxylation is 2. The van der Waals surface area contributed by atoms with Crippen molar-refractivity contribution in [2.45, 2.75) is 40.7 Å². The van der Waals surface area contributed by atoms with Gasteiger partial charge in [0.05, 0.1) is 23.9 Å². The maximum atomic E-state index is 5.81. The van der Waals surface area contributed by atoms with E-state index >= 15 is 0 Å². The molecule has 148 valence electrons. The van der Waals surface area contributed by atoms with Crippen LogP contribution < -0.4 is 10.6 Å². The number of nitrogens with zero attached hydrogens (tertiary/aromatic N) is 2. The first-order chi connectivity index (χ1) is 13.1. The molecule has 0 radical (unpaired) electrons. The Balaban J connectivity index is 1.72. The average molecular weight is 389 g/mol. The van der Waals surface area contributed by atoms with Crippen LogP contribution >= 0.6 is 11.3 Å². The molecule has 0 saturated carbocycles. The highest BCUT2D eigenvalue weighted by Gasteiger charge is 2.06. The van der Waals surface area contributed by atoms with Crippen molar-refractivity contribution >= 4 is 17.3 Å². The van der Waals surface area contributed by atoms with E-state index in [4.69, 9.17) is 9.73 Å². The van der Waals surface area contributed by atoms with Crippen molar-refractivity contribution in [3.05, 3.63) is 51.5 Å². The second-order valence-electron chi connectivity index (χ2n) is 6.74. The Morgan fingerprint density at radius 3 is 2.67 bits per heavy atom. The zero-order chi connectivity index (χ0) is 19.5. The summed E-state index contributed by atoms with van der Waals surface area (Å²) in [7, 11) is 0. The van der Waals surface area contributed by atoms with Crippen LogP contribution in [-0.4, -0.2) is 37.2 Å². The number of benzene rings is 1. The lowest BCUT2D eigenvalue weighted by molar-refractivity contribution is 0.0945. The zero-order valence-corrected chi connectivity index (χ0v) is 17.7. The van der Waals surface area contributed by atoms with Gasteiger partial charge in [0.1, 0.15) is 0 Å². The largest absolute Gasteiger partial charge is 0.376 e. The average Bonchev–Trinajstić information content (AvgIpc) is 2.98. The second kappa shape index (κ2) is 11.7. The van der Waals surface area contributed by atoms with E-state index in [1.165, 1.54) is 10.4 Å². The molecule has 1 unspecified atom stereocenters. The van der Waals surface area contributed by atoms with Gasteiger partial charge in [-0.05, 0) is 32.3 Å². The van der Waals surface area contributed by atoms with Crippen molar-refractivity contribution in [2.75, 3.05) is 26.2 Å². The number of hydrogen-bond acceptors (Lipinski definition) is 4. The Labute approximate surface area is 167 Å². The molecule has 0 saturated heterocycles. The molecule has 1 aromatic heterocycles. The fourth-order valence-electron chi connectivity index (χ4n) is 2.69. The van der Waals surface area contributed by atoms with Gasteiger partial charge in [0.15, 0.2) is 5.96 Å². The quantitative estimate of drug-likeness (QED) is 0.481. The van der Waals surface area contributed by atoms with Gasteiger partial charge in [-0.15, -0.1) is 11.3 Å². The predicted octanol–water partition coefficient (Wildman–Crippen LogP) is 3.71. The van der Waals surface area contributed by atoms with Gasteiger partial charge in [-0.1, -0.05) is 37.3 Å². The van der Waals surface area contributed by atoms with E-state index in [2.05, 4.69) is 55.4 Å². The molecule has 0 bridgehead atoms. The van der Waals surface area contributed by atoms with E-state index in [0.29, 0.717) is 19.1 Å². The second-order valence-corrected chi connectivity index (χ2v) is 8.03. The highest BCUT2D eigenvalue weighted by Crippen LogP contribution is 2.17. The molecule has 27 heavy (non-hydrogen) atoms. The van der Waals surface area contributed by atoms with Crippen LogP contribution in [0, 0.1) is 19.8 Å². The molecule has 2 rings (SSSR count). The topological polar surface area (TPSA) is 58.5 Å². The van der Waals surface area contributed by atoms with Gasteiger partial charge in [0.25, 0.3) is 0 Å². The number of rotatable bonds is 10. The van der Waals surface area contributed by atoms with Gasteiger partial charge in [0.2, 0.25) is 0 Å². The molecule has 5 nitrogen and oxygen atoms in total. The molecule has 0 spiro atoms. The Morgan fingerprint density at radius 1 is 1.22 bits per heavy atom. The third-order valence-electron chi connectivity index (χ3n) is 4.06. The number of aromatic nitrogens is 1. The maximum absolute atomic E-state index is 5.81. The Kier molecular flexibility index (Phi) is 9.28. The minimum atomic E-state index is 0.371. The zero-order valence-electron chi connectivity index (χ0n) is 16.9. The summed E-state index contributed by atoms with van der Waals surface area (Å²) in [5.41, 5.74) is 2.35. The van der Waals surface area contributed by atoms with E-state index in [-0.39, 0.29) is 0 Å². The lowest BCUT2D eigenvalue weighted by Gasteiger charge is -2.14. The van der Waals surface area contributed by atoms with Crippen LogP contribution in [-0.2, 0) is 17.8 Å². The number of ether oxygens (including phenoxy) is 1. The maximum Gasteiger partial charge on any atom is 0.191 e.